The number of rotatable bonds is 5. The fraction of sp³-hybridized carbons (Fsp3) is 0.529. The van der Waals surface area contributed by atoms with Gasteiger partial charge in [-0.2, -0.15) is 0 Å². The van der Waals surface area contributed by atoms with Crippen LogP contribution >= 0.6 is 11.8 Å². The van der Waals surface area contributed by atoms with Crippen molar-refractivity contribution in [3.63, 3.8) is 0 Å². The molecule has 0 radical (unpaired) electrons. The third kappa shape index (κ3) is 4.03. The molecule has 1 aromatic rings. The fourth-order valence-corrected chi connectivity index (χ4v) is 3.51. The minimum Gasteiger partial charge on any atom is -0.466 e. The van der Waals surface area contributed by atoms with E-state index in [0.29, 0.717) is 19.7 Å². The molecule has 0 unspecified atom stereocenters. The standard InChI is InChI=1S/C17H23NO3S/c1-3-21-17(20)13-8-7-11-18(12-13)16(19)14-9-5-6-10-15(14)22-4-2/h5-6,9-10,13H,3-4,7-8,11-12H2,1-2H3/t13-/m0/s1. The molecule has 1 aliphatic rings. The number of nitrogens with zero attached hydrogens (tertiary/aromatic N) is 1. The molecule has 1 amide bonds. The summed E-state index contributed by atoms with van der Waals surface area (Å²) in [5, 5.41) is 0. The molecule has 0 N–H and O–H groups in total. The second kappa shape index (κ2) is 8.22. The molecule has 1 aromatic carbocycles. The second-order valence-corrected chi connectivity index (χ2v) is 6.58. The number of carbonyl (C=O) groups is 2. The van der Waals surface area contributed by atoms with E-state index < -0.39 is 0 Å². The molecule has 0 spiro atoms. The van der Waals surface area contributed by atoms with Crippen molar-refractivity contribution < 1.29 is 14.3 Å². The first-order valence-electron chi connectivity index (χ1n) is 7.85. The molecule has 22 heavy (non-hydrogen) atoms. The van der Waals surface area contributed by atoms with Gasteiger partial charge in [-0.15, -0.1) is 11.8 Å². The van der Waals surface area contributed by atoms with Crippen molar-refractivity contribution in [2.45, 2.75) is 31.6 Å². The van der Waals surface area contributed by atoms with Crippen molar-refractivity contribution in [2.75, 3.05) is 25.4 Å². The highest BCUT2D eigenvalue weighted by atomic mass is 32.2. The van der Waals surface area contributed by atoms with Crippen molar-refractivity contribution in [2.24, 2.45) is 5.92 Å². The maximum absolute atomic E-state index is 12.8. The van der Waals surface area contributed by atoms with E-state index in [-0.39, 0.29) is 17.8 Å². The molecule has 1 fully saturated rings. The van der Waals surface area contributed by atoms with Crippen LogP contribution in [0.4, 0.5) is 0 Å². The van der Waals surface area contributed by atoms with Crippen LogP contribution in [-0.2, 0) is 9.53 Å². The molecule has 5 heteroatoms. The summed E-state index contributed by atoms with van der Waals surface area (Å²) in [4.78, 5) is 27.5. The van der Waals surface area contributed by atoms with Gasteiger partial charge >= 0.3 is 5.97 Å². The minimum atomic E-state index is -0.191. The van der Waals surface area contributed by atoms with Crippen LogP contribution in [0.15, 0.2) is 29.2 Å². The van der Waals surface area contributed by atoms with Gasteiger partial charge in [-0.25, -0.2) is 0 Å². The lowest BCUT2D eigenvalue weighted by atomic mass is 9.97. The minimum absolute atomic E-state index is 0.0190. The summed E-state index contributed by atoms with van der Waals surface area (Å²) >= 11 is 1.67. The number of benzene rings is 1. The highest BCUT2D eigenvalue weighted by Crippen LogP contribution is 2.26. The van der Waals surface area contributed by atoms with Crippen molar-refractivity contribution >= 4 is 23.6 Å². The van der Waals surface area contributed by atoms with Gasteiger partial charge in [0.05, 0.1) is 18.1 Å². The summed E-state index contributed by atoms with van der Waals surface area (Å²) in [6.45, 7) is 5.44. The Morgan fingerprint density at radius 3 is 2.82 bits per heavy atom. The SMILES string of the molecule is CCOC(=O)[C@H]1CCCN(C(=O)c2ccccc2SCC)C1. The lowest BCUT2D eigenvalue weighted by Crippen LogP contribution is -2.43. The third-order valence-corrected chi connectivity index (χ3v) is 4.70. The Hall–Kier alpha value is -1.49. The average Bonchev–Trinajstić information content (AvgIpc) is 2.55. The number of hydrogen-bond donors (Lipinski definition) is 0. The number of esters is 1. The van der Waals surface area contributed by atoms with Crippen molar-refractivity contribution in [3.8, 4) is 0 Å². The zero-order chi connectivity index (χ0) is 15.9. The predicted octanol–water partition coefficient (Wildman–Crippen LogP) is 3.21. The first-order chi connectivity index (χ1) is 10.7. The largest absolute Gasteiger partial charge is 0.466 e. The Kier molecular flexibility index (Phi) is 6.31. The highest BCUT2D eigenvalue weighted by Gasteiger charge is 2.30. The molecular weight excluding hydrogens is 298 g/mol. The van der Waals surface area contributed by atoms with Crippen LogP contribution in [0.1, 0.15) is 37.0 Å². The van der Waals surface area contributed by atoms with E-state index in [1.54, 1.807) is 16.7 Å². The molecule has 2 rings (SSSR count). The molecule has 120 valence electrons. The van der Waals surface area contributed by atoms with Crippen LogP contribution in [0, 0.1) is 5.92 Å². The van der Waals surface area contributed by atoms with Gasteiger partial charge in [-0.05, 0) is 37.7 Å². The van der Waals surface area contributed by atoms with E-state index in [0.717, 1.165) is 29.1 Å². The van der Waals surface area contributed by atoms with Crippen LogP contribution in [-0.4, -0.2) is 42.2 Å². The number of piperidine rings is 1. The number of ether oxygens (including phenoxy) is 1. The van der Waals surface area contributed by atoms with Crippen LogP contribution in [0.25, 0.3) is 0 Å². The zero-order valence-electron chi connectivity index (χ0n) is 13.2. The normalized spacial score (nSPS) is 18.1. The summed E-state index contributed by atoms with van der Waals surface area (Å²) < 4.78 is 5.10. The van der Waals surface area contributed by atoms with Gasteiger partial charge in [0, 0.05) is 18.0 Å². The first kappa shape index (κ1) is 16.9. The predicted molar refractivity (Wildman–Crippen MR) is 88.1 cm³/mol. The molecule has 0 aromatic heterocycles. The van der Waals surface area contributed by atoms with E-state index in [9.17, 15) is 9.59 Å². The molecule has 4 nitrogen and oxygen atoms in total. The summed E-state index contributed by atoms with van der Waals surface area (Å²) in [7, 11) is 0. The van der Waals surface area contributed by atoms with E-state index in [4.69, 9.17) is 4.74 Å². The smallest absolute Gasteiger partial charge is 0.310 e. The Morgan fingerprint density at radius 1 is 1.32 bits per heavy atom. The topological polar surface area (TPSA) is 46.6 Å². The first-order valence-corrected chi connectivity index (χ1v) is 8.83. The van der Waals surface area contributed by atoms with Gasteiger partial charge in [-0.3, -0.25) is 9.59 Å². The summed E-state index contributed by atoms with van der Waals surface area (Å²) in [6, 6.07) is 7.69. The van der Waals surface area contributed by atoms with Gasteiger partial charge in [0.2, 0.25) is 0 Å². The maximum atomic E-state index is 12.8. The van der Waals surface area contributed by atoms with Gasteiger partial charge in [0.15, 0.2) is 0 Å². The highest BCUT2D eigenvalue weighted by molar-refractivity contribution is 7.99. The molecule has 1 aliphatic heterocycles. The van der Waals surface area contributed by atoms with Gasteiger partial charge in [0.1, 0.15) is 0 Å². The third-order valence-electron chi connectivity index (χ3n) is 3.75. The summed E-state index contributed by atoms with van der Waals surface area (Å²) in [5.41, 5.74) is 0.735. The van der Waals surface area contributed by atoms with Gasteiger partial charge in [0.25, 0.3) is 5.91 Å². The molecule has 1 saturated heterocycles. The zero-order valence-corrected chi connectivity index (χ0v) is 14.0. The Morgan fingerprint density at radius 2 is 2.09 bits per heavy atom. The van der Waals surface area contributed by atoms with E-state index in [1.165, 1.54) is 0 Å². The molecule has 0 aliphatic carbocycles. The van der Waals surface area contributed by atoms with Crippen LogP contribution < -0.4 is 0 Å². The van der Waals surface area contributed by atoms with Crippen molar-refractivity contribution in [1.29, 1.82) is 0 Å². The Balaban J connectivity index is 2.10. The lowest BCUT2D eigenvalue weighted by molar-refractivity contribution is -0.149. The number of amides is 1. The van der Waals surface area contributed by atoms with Gasteiger partial charge < -0.3 is 9.64 Å². The monoisotopic (exact) mass is 321 g/mol. The van der Waals surface area contributed by atoms with Crippen LogP contribution in [0.2, 0.25) is 0 Å². The Bertz CT molecular complexity index is 532. The van der Waals surface area contributed by atoms with E-state index >= 15 is 0 Å². The second-order valence-electron chi connectivity index (χ2n) is 5.27. The van der Waals surface area contributed by atoms with Crippen LogP contribution in [0.5, 0.6) is 0 Å². The average molecular weight is 321 g/mol. The number of likely N-dealkylation sites (tertiary alicyclic amines) is 1. The summed E-state index contributed by atoms with van der Waals surface area (Å²) in [6.07, 6.45) is 1.65. The lowest BCUT2D eigenvalue weighted by Gasteiger charge is -2.32. The van der Waals surface area contributed by atoms with Crippen molar-refractivity contribution in [1.82, 2.24) is 4.90 Å². The fourth-order valence-electron chi connectivity index (χ4n) is 2.71. The number of carbonyl (C=O) groups excluding carboxylic acids is 2. The number of hydrogen-bond acceptors (Lipinski definition) is 4. The van der Waals surface area contributed by atoms with Crippen molar-refractivity contribution in [3.05, 3.63) is 29.8 Å². The quantitative estimate of drug-likeness (QED) is 0.617. The molecule has 1 atom stereocenters. The number of thioether (sulfide) groups is 1. The molecular formula is C17H23NO3S. The van der Waals surface area contributed by atoms with E-state index in [1.807, 2.05) is 31.2 Å². The van der Waals surface area contributed by atoms with Gasteiger partial charge in [-0.1, -0.05) is 19.1 Å². The van der Waals surface area contributed by atoms with E-state index in [2.05, 4.69) is 6.92 Å². The molecule has 0 bridgehead atoms. The summed E-state index contributed by atoms with van der Waals surface area (Å²) in [5.74, 6) is 0.570. The molecule has 1 heterocycles. The Labute approximate surface area is 136 Å². The maximum Gasteiger partial charge on any atom is 0.310 e. The molecule has 0 saturated carbocycles. The van der Waals surface area contributed by atoms with Crippen LogP contribution in [0.3, 0.4) is 0 Å².